The first-order chi connectivity index (χ1) is 9.25. The van der Waals surface area contributed by atoms with Gasteiger partial charge in [-0.15, -0.1) is 0 Å². The number of rotatable bonds is 2. The molecule has 2 heterocycles. The van der Waals surface area contributed by atoms with Crippen molar-refractivity contribution >= 4 is 17.1 Å². The lowest BCUT2D eigenvalue weighted by Crippen LogP contribution is -2.10. The van der Waals surface area contributed by atoms with Crippen LogP contribution < -0.4 is 0 Å². The number of Topliss-reactive ketones (excluding diaryl/α,β-unsaturated/α-hetero) is 1. The molecule has 1 fully saturated rings. The summed E-state index contributed by atoms with van der Waals surface area (Å²) in [5.41, 5.74) is 2.14. The molecule has 1 aliphatic carbocycles. The molecule has 0 saturated heterocycles. The van der Waals surface area contributed by atoms with Crippen molar-refractivity contribution in [3.63, 3.8) is 0 Å². The van der Waals surface area contributed by atoms with E-state index in [0.29, 0.717) is 18.1 Å². The van der Waals surface area contributed by atoms with Gasteiger partial charge in [0, 0.05) is 17.4 Å². The maximum absolute atomic E-state index is 12.1. The van der Waals surface area contributed by atoms with Crippen molar-refractivity contribution in [2.45, 2.75) is 44.9 Å². The molecule has 0 aromatic carbocycles. The van der Waals surface area contributed by atoms with Gasteiger partial charge in [0.05, 0.1) is 5.92 Å². The van der Waals surface area contributed by atoms with Crippen molar-refractivity contribution in [1.82, 2.24) is 10.1 Å². The van der Waals surface area contributed by atoms with Gasteiger partial charge < -0.3 is 4.52 Å². The first-order valence-electron chi connectivity index (χ1n) is 6.65. The molecule has 2 aromatic rings. The summed E-state index contributed by atoms with van der Waals surface area (Å²) in [6.45, 7) is 2.03. The number of aromatic nitrogens is 2. The molecule has 100 valence electrons. The van der Waals surface area contributed by atoms with E-state index in [1.807, 2.05) is 12.3 Å². The van der Waals surface area contributed by atoms with Gasteiger partial charge in [-0.3, -0.25) is 4.79 Å². The highest BCUT2D eigenvalue weighted by atomic mass is 32.1. The second-order valence-corrected chi connectivity index (χ2v) is 5.79. The predicted octanol–water partition coefficient (Wildman–Crippen LogP) is 3.72. The number of hydrogen-bond donors (Lipinski definition) is 0. The molecule has 0 bridgehead atoms. The Labute approximate surface area is 115 Å². The molecule has 5 heteroatoms. The Morgan fingerprint density at radius 3 is 3.00 bits per heavy atom. The fourth-order valence-corrected chi connectivity index (χ4v) is 3.32. The summed E-state index contributed by atoms with van der Waals surface area (Å²) in [7, 11) is 0. The van der Waals surface area contributed by atoms with Crippen LogP contribution in [0.5, 0.6) is 0 Å². The van der Waals surface area contributed by atoms with E-state index < -0.39 is 0 Å². The number of carbonyl (C=O) groups excluding carboxylic acids is 1. The zero-order valence-electron chi connectivity index (χ0n) is 10.9. The maximum atomic E-state index is 12.1. The van der Waals surface area contributed by atoms with Gasteiger partial charge in [-0.25, -0.2) is 0 Å². The molecule has 0 spiro atoms. The third-order valence-corrected chi connectivity index (χ3v) is 4.50. The fraction of sp³-hybridized carbons (Fsp3) is 0.500. The summed E-state index contributed by atoms with van der Waals surface area (Å²) in [4.78, 5) is 16.5. The number of aryl methyl sites for hydroxylation is 1. The van der Waals surface area contributed by atoms with Gasteiger partial charge in [-0.05, 0) is 30.7 Å². The van der Waals surface area contributed by atoms with Gasteiger partial charge in [0.2, 0.25) is 11.7 Å². The van der Waals surface area contributed by atoms with E-state index in [4.69, 9.17) is 4.52 Å². The third-order valence-electron chi connectivity index (χ3n) is 3.64. The highest BCUT2D eigenvalue weighted by molar-refractivity contribution is 7.08. The minimum absolute atomic E-state index is 0.192. The highest BCUT2D eigenvalue weighted by Gasteiger charge is 2.28. The Morgan fingerprint density at radius 2 is 2.21 bits per heavy atom. The second kappa shape index (κ2) is 5.25. The van der Waals surface area contributed by atoms with E-state index in [9.17, 15) is 4.79 Å². The van der Waals surface area contributed by atoms with E-state index in [-0.39, 0.29) is 11.7 Å². The van der Waals surface area contributed by atoms with Crippen molar-refractivity contribution < 1.29 is 9.32 Å². The first kappa shape index (κ1) is 12.5. The average molecular weight is 276 g/mol. The van der Waals surface area contributed by atoms with Crippen LogP contribution in [0.15, 0.2) is 15.3 Å². The predicted molar refractivity (Wildman–Crippen MR) is 73.2 cm³/mol. The Bertz CT molecular complexity index is 588. The highest BCUT2D eigenvalue weighted by Crippen LogP contribution is 2.30. The Hall–Kier alpha value is -1.49. The van der Waals surface area contributed by atoms with E-state index in [1.54, 1.807) is 11.3 Å². The van der Waals surface area contributed by atoms with Crippen LogP contribution in [0.4, 0.5) is 0 Å². The van der Waals surface area contributed by atoms with E-state index >= 15 is 0 Å². The van der Waals surface area contributed by atoms with Crippen molar-refractivity contribution in [2.24, 2.45) is 0 Å². The molecule has 0 amide bonds. The van der Waals surface area contributed by atoms with Gasteiger partial charge in [-0.2, -0.15) is 16.3 Å². The monoisotopic (exact) mass is 276 g/mol. The number of ketones is 1. The lowest BCUT2D eigenvalue weighted by molar-refractivity contribution is -0.120. The van der Waals surface area contributed by atoms with E-state index in [1.165, 1.54) is 0 Å². The molecule has 0 aliphatic heterocycles. The van der Waals surface area contributed by atoms with Gasteiger partial charge in [0.15, 0.2) is 0 Å². The second-order valence-electron chi connectivity index (χ2n) is 5.04. The standard InChI is InChI=1S/C14H16N2O2S/c1-9-7-19-8-11(9)13-15-14(18-16-13)10-5-3-2-4-6-12(10)17/h7-8,10H,2-6H2,1H3. The lowest BCUT2D eigenvalue weighted by Gasteiger charge is -2.06. The van der Waals surface area contributed by atoms with E-state index in [0.717, 1.165) is 36.8 Å². The topological polar surface area (TPSA) is 56.0 Å². The molecule has 2 aromatic heterocycles. The molecule has 1 saturated carbocycles. The van der Waals surface area contributed by atoms with Crippen LogP contribution >= 0.6 is 11.3 Å². The summed E-state index contributed by atoms with van der Waals surface area (Å²) in [6.07, 6.45) is 4.64. The average Bonchev–Trinajstić information content (AvgIpc) is 2.97. The van der Waals surface area contributed by atoms with Crippen molar-refractivity contribution in [3.8, 4) is 11.4 Å². The maximum Gasteiger partial charge on any atom is 0.237 e. The van der Waals surface area contributed by atoms with Crippen LogP contribution in [-0.2, 0) is 4.79 Å². The van der Waals surface area contributed by atoms with Crippen molar-refractivity contribution in [3.05, 3.63) is 22.2 Å². The Kier molecular flexibility index (Phi) is 3.46. The summed E-state index contributed by atoms with van der Waals surface area (Å²) < 4.78 is 5.33. The SMILES string of the molecule is Cc1cscc1-c1noc(C2CCCCCC2=O)n1. The fourth-order valence-electron chi connectivity index (χ4n) is 2.50. The summed E-state index contributed by atoms with van der Waals surface area (Å²) in [5.74, 6) is 1.15. The molecule has 3 rings (SSSR count). The minimum atomic E-state index is -0.192. The van der Waals surface area contributed by atoms with Gasteiger partial charge in [0.1, 0.15) is 5.78 Å². The minimum Gasteiger partial charge on any atom is -0.338 e. The quantitative estimate of drug-likeness (QED) is 0.784. The zero-order valence-corrected chi connectivity index (χ0v) is 11.7. The lowest BCUT2D eigenvalue weighted by atomic mass is 9.99. The summed E-state index contributed by atoms with van der Waals surface area (Å²) in [6, 6.07) is 0. The van der Waals surface area contributed by atoms with Crippen LogP contribution in [0.2, 0.25) is 0 Å². The Morgan fingerprint density at radius 1 is 1.32 bits per heavy atom. The van der Waals surface area contributed by atoms with Crippen LogP contribution in [0.25, 0.3) is 11.4 Å². The summed E-state index contributed by atoms with van der Waals surface area (Å²) in [5, 5.41) is 8.10. The molecule has 0 N–H and O–H groups in total. The summed E-state index contributed by atoms with van der Waals surface area (Å²) >= 11 is 1.62. The number of hydrogen-bond acceptors (Lipinski definition) is 5. The molecular weight excluding hydrogens is 260 g/mol. The van der Waals surface area contributed by atoms with Crippen molar-refractivity contribution in [2.75, 3.05) is 0 Å². The molecule has 1 aliphatic rings. The van der Waals surface area contributed by atoms with Crippen LogP contribution in [0, 0.1) is 6.92 Å². The van der Waals surface area contributed by atoms with Crippen LogP contribution in [0.1, 0.15) is 49.5 Å². The first-order valence-corrected chi connectivity index (χ1v) is 7.59. The molecule has 4 nitrogen and oxygen atoms in total. The normalized spacial score (nSPS) is 20.5. The van der Waals surface area contributed by atoms with E-state index in [2.05, 4.69) is 15.5 Å². The number of carbonyl (C=O) groups is 1. The zero-order chi connectivity index (χ0) is 13.2. The largest absolute Gasteiger partial charge is 0.338 e. The van der Waals surface area contributed by atoms with Crippen LogP contribution in [-0.4, -0.2) is 15.9 Å². The molecule has 19 heavy (non-hydrogen) atoms. The molecular formula is C14H16N2O2S. The van der Waals surface area contributed by atoms with Gasteiger partial charge in [0.25, 0.3) is 0 Å². The molecule has 1 atom stereocenters. The molecule has 1 unspecified atom stereocenters. The van der Waals surface area contributed by atoms with Crippen LogP contribution in [0.3, 0.4) is 0 Å². The Balaban J connectivity index is 1.88. The van der Waals surface area contributed by atoms with Crippen molar-refractivity contribution in [1.29, 1.82) is 0 Å². The molecule has 0 radical (unpaired) electrons. The number of nitrogens with zero attached hydrogens (tertiary/aromatic N) is 2. The third kappa shape index (κ3) is 2.47. The van der Waals surface area contributed by atoms with Gasteiger partial charge >= 0.3 is 0 Å². The smallest absolute Gasteiger partial charge is 0.237 e. The number of thiophene rings is 1. The van der Waals surface area contributed by atoms with Gasteiger partial charge in [-0.1, -0.05) is 18.0 Å².